The fourth-order valence-corrected chi connectivity index (χ4v) is 1.93. The molecule has 0 bridgehead atoms. The van der Waals surface area contributed by atoms with Crippen molar-refractivity contribution < 1.29 is 14.2 Å². The number of likely N-dealkylation sites (N-methyl/N-ethyl adjacent to an activating group) is 1. The molecule has 2 atom stereocenters. The van der Waals surface area contributed by atoms with Gasteiger partial charge in [-0.3, -0.25) is 4.90 Å². The standard InChI is InChI=1S/C12H28N2O3/c1-5-14(11(2)9-16-4)12(8-13)10-17-7-6-15-3/h11-12H,5-10,13H2,1-4H3. The quantitative estimate of drug-likeness (QED) is 0.534. The minimum atomic E-state index is 0.238. The van der Waals surface area contributed by atoms with Crippen LogP contribution in [0.5, 0.6) is 0 Å². The third-order valence-electron chi connectivity index (χ3n) is 2.82. The van der Waals surface area contributed by atoms with Crippen LogP contribution in [0.4, 0.5) is 0 Å². The van der Waals surface area contributed by atoms with Crippen LogP contribution in [-0.4, -0.2) is 70.7 Å². The maximum Gasteiger partial charge on any atom is 0.0701 e. The van der Waals surface area contributed by atoms with Crippen LogP contribution in [0.1, 0.15) is 13.8 Å². The summed E-state index contributed by atoms with van der Waals surface area (Å²) >= 11 is 0. The zero-order valence-electron chi connectivity index (χ0n) is 11.6. The fourth-order valence-electron chi connectivity index (χ4n) is 1.93. The summed E-state index contributed by atoms with van der Waals surface area (Å²) in [7, 11) is 3.39. The Balaban J connectivity index is 4.08. The van der Waals surface area contributed by atoms with Crippen LogP contribution >= 0.6 is 0 Å². The van der Waals surface area contributed by atoms with Gasteiger partial charge < -0.3 is 19.9 Å². The van der Waals surface area contributed by atoms with Crippen LogP contribution in [0.3, 0.4) is 0 Å². The Morgan fingerprint density at radius 3 is 2.29 bits per heavy atom. The maximum atomic E-state index is 5.80. The highest BCUT2D eigenvalue weighted by molar-refractivity contribution is 4.76. The van der Waals surface area contributed by atoms with Crippen molar-refractivity contribution in [3.05, 3.63) is 0 Å². The van der Waals surface area contributed by atoms with Gasteiger partial charge in [0.2, 0.25) is 0 Å². The zero-order chi connectivity index (χ0) is 13.1. The third kappa shape index (κ3) is 6.95. The van der Waals surface area contributed by atoms with Gasteiger partial charge in [0.25, 0.3) is 0 Å². The maximum absolute atomic E-state index is 5.80. The highest BCUT2D eigenvalue weighted by Gasteiger charge is 2.21. The molecule has 5 heteroatoms. The average Bonchev–Trinajstić information content (AvgIpc) is 2.33. The average molecular weight is 248 g/mol. The van der Waals surface area contributed by atoms with Crippen LogP contribution in [0.25, 0.3) is 0 Å². The Hall–Kier alpha value is -0.200. The van der Waals surface area contributed by atoms with E-state index in [1.54, 1.807) is 14.2 Å². The van der Waals surface area contributed by atoms with Crippen molar-refractivity contribution in [2.75, 3.05) is 53.7 Å². The molecule has 0 aliphatic carbocycles. The minimum absolute atomic E-state index is 0.238. The lowest BCUT2D eigenvalue weighted by atomic mass is 10.2. The molecule has 0 aromatic carbocycles. The summed E-state index contributed by atoms with van der Waals surface area (Å²) in [5, 5.41) is 0. The van der Waals surface area contributed by atoms with Gasteiger partial charge in [0.15, 0.2) is 0 Å². The fraction of sp³-hybridized carbons (Fsp3) is 1.00. The number of methoxy groups -OCH3 is 2. The van der Waals surface area contributed by atoms with Gasteiger partial charge in [-0.1, -0.05) is 6.92 Å². The first-order valence-corrected chi connectivity index (χ1v) is 6.22. The molecule has 5 nitrogen and oxygen atoms in total. The molecule has 0 heterocycles. The summed E-state index contributed by atoms with van der Waals surface area (Å²) in [5.41, 5.74) is 5.80. The van der Waals surface area contributed by atoms with E-state index in [4.69, 9.17) is 19.9 Å². The molecule has 0 spiro atoms. The molecule has 0 fully saturated rings. The van der Waals surface area contributed by atoms with Gasteiger partial charge in [-0.25, -0.2) is 0 Å². The van der Waals surface area contributed by atoms with E-state index >= 15 is 0 Å². The molecule has 0 aliphatic rings. The monoisotopic (exact) mass is 248 g/mol. The van der Waals surface area contributed by atoms with Crippen LogP contribution in [-0.2, 0) is 14.2 Å². The highest BCUT2D eigenvalue weighted by Crippen LogP contribution is 2.06. The number of nitrogens with zero attached hydrogens (tertiary/aromatic N) is 1. The van der Waals surface area contributed by atoms with Gasteiger partial charge >= 0.3 is 0 Å². The summed E-state index contributed by atoms with van der Waals surface area (Å²) in [6, 6.07) is 0.589. The molecular weight excluding hydrogens is 220 g/mol. The van der Waals surface area contributed by atoms with Crippen molar-refractivity contribution in [1.82, 2.24) is 4.90 Å². The van der Waals surface area contributed by atoms with Gasteiger partial charge in [-0.2, -0.15) is 0 Å². The first-order valence-electron chi connectivity index (χ1n) is 6.22. The molecule has 0 amide bonds. The van der Waals surface area contributed by atoms with Crippen molar-refractivity contribution in [2.45, 2.75) is 25.9 Å². The number of hydrogen-bond donors (Lipinski definition) is 1. The van der Waals surface area contributed by atoms with E-state index in [9.17, 15) is 0 Å². The molecule has 17 heavy (non-hydrogen) atoms. The van der Waals surface area contributed by atoms with Gasteiger partial charge in [0, 0.05) is 32.8 Å². The Bertz CT molecular complexity index is 170. The molecule has 0 aromatic rings. The zero-order valence-corrected chi connectivity index (χ0v) is 11.6. The molecule has 0 saturated heterocycles. The molecule has 0 rings (SSSR count). The van der Waals surface area contributed by atoms with Gasteiger partial charge in [0.1, 0.15) is 0 Å². The van der Waals surface area contributed by atoms with Crippen molar-refractivity contribution in [1.29, 1.82) is 0 Å². The lowest BCUT2D eigenvalue weighted by molar-refractivity contribution is 0.00910. The Kier molecular flexibility index (Phi) is 10.8. The summed E-state index contributed by atoms with van der Waals surface area (Å²) in [6.07, 6.45) is 0. The molecule has 0 radical (unpaired) electrons. The van der Waals surface area contributed by atoms with E-state index in [0.717, 1.165) is 6.54 Å². The Morgan fingerprint density at radius 2 is 1.82 bits per heavy atom. The van der Waals surface area contributed by atoms with E-state index in [1.165, 1.54) is 0 Å². The van der Waals surface area contributed by atoms with Gasteiger partial charge in [0.05, 0.1) is 26.4 Å². The smallest absolute Gasteiger partial charge is 0.0701 e. The van der Waals surface area contributed by atoms with Crippen molar-refractivity contribution >= 4 is 0 Å². The topological polar surface area (TPSA) is 57.0 Å². The Labute approximate surface area is 105 Å². The van der Waals surface area contributed by atoms with Crippen LogP contribution < -0.4 is 5.73 Å². The molecular formula is C12H28N2O3. The first-order chi connectivity index (χ1) is 8.21. The van der Waals surface area contributed by atoms with E-state index in [0.29, 0.717) is 39.0 Å². The van der Waals surface area contributed by atoms with E-state index in [1.807, 2.05) is 0 Å². The normalized spacial score (nSPS) is 15.2. The Morgan fingerprint density at radius 1 is 1.12 bits per heavy atom. The summed E-state index contributed by atoms with van der Waals surface area (Å²) in [4.78, 5) is 2.32. The molecule has 2 N–H and O–H groups in total. The predicted octanol–water partition coefficient (Wildman–Crippen LogP) is 0.334. The largest absolute Gasteiger partial charge is 0.383 e. The number of ether oxygens (including phenoxy) is 3. The second kappa shape index (κ2) is 10.9. The minimum Gasteiger partial charge on any atom is -0.383 e. The molecule has 104 valence electrons. The number of hydrogen-bond acceptors (Lipinski definition) is 5. The summed E-state index contributed by atoms with van der Waals surface area (Å²) in [5.74, 6) is 0. The molecule has 0 aromatic heterocycles. The SMILES string of the molecule is CCN(C(C)COC)C(CN)COCCOC. The lowest BCUT2D eigenvalue weighted by Gasteiger charge is -2.34. The van der Waals surface area contributed by atoms with Gasteiger partial charge in [-0.15, -0.1) is 0 Å². The highest BCUT2D eigenvalue weighted by atomic mass is 16.5. The third-order valence-corrected chi connectivity index (χ3v) is 2.82. The first kappa shape index (κ1) is 16.8. The van der Waals surface area contributed by atoms with E-state index in [2.05, 4.69) is 18.7 Å². The molecule has 0 aliphatic heterocycles. The number of nitrogens with two attached hydrogens (primary N) is 1. The van der Waals surface area contributed by atoms with Crippen LogP contribution in [0.2, 0.25) is 0 Å². The second-order valence-corrected chi connectivity index (χ2v) is 4.09. The second-order valence-electron chi connectivity index (χ2n) is 4.09. The van der Waals surface area contributed by atoms with E-state index < -0.39 is 0 Å². The summed E-state index contributed by atoms with van der Waals surface area (Å²) in [6.45, 7) is 8.40. The molecule has 0 saturated carbocycles. The molecule has 2 unspecified atom stereocenters. The van der Waals surface area contributed by atoms with Crippen LogP contribution in [0, 0.1) is 0 Å². The summed E-state index contributed by atoms with van der Waals surface area (Å²) < 4.78 is 15.7. The van der Waals surface area contributed by atoms with Crippen LogP contribution in [0.15, 0.2) is 0 Å². The lowest BCUT2D eigenvalue weighted by Crippen LogP contribution is -2.49. The van der Waals surface area contributed by atoms with Crippen molar-refractivity contribution in [3.8, 4) is 0 Å². The number of rotatable bonds is 11. The van der Waals surface area contributed by atoms with Gasteiger partial charge in [-0.05, 0) is 13.5 Å². The van der Waals surface area contributed by atoms with Crippen molar-refractivity contribution in [2.24, 2.45) is 5.73 Å². The van der Waals surface area contributed by atoms with Crippen molar-refractivity contribution in [3.63, 3.8) is 0 Å². The van der Waals surface area contributed by atoms with E-state index in [-0.39, 0.29) is 6.04 Å². The predicted molar refractivity (Wildman–Crippen MR) is 69.3 cm³/mol.